The molecule has 0 aliphatic carbocycles. The predicted octanol–water partition coefficient (Wildman–Crippen LogP) is 3.41. The molecule has 2 N–H and O–H groups in total. The normalized spacial score (nSPS) is 10.6. The van der Waals surface area contributed by atoms with Gasteiger partial charge in [-0.3, -0.25) is 9.59 Å². The largest absolute Gasteiger partial charge is 0.493 e. The van der Waals surface area contributed by atoms with Gasteiger partial charge in [-0.2, -0.15) is 0 Å². The minimum absolute atomic E-state index is 0.0793. The van der Waals surface area contributed by atoms with Gasteiger partial charge >= 0.3 is 0 Å². The van der Waals surface area contributed by atoms with E-state index >= 15 is 0 Å². The fourth-order valence-corrected chi connectivity index (χ4v) is 3.04. The lowest BCUT2D eigenvalue weighted by molar-refractivity contribution is -0.121. The summed E-state index contributed by atoms with van der Waals surface area (Å²) in [5.74, 6) is 0.873. The Kier molecular flexibility index (Phi) is 8.51. The Labute approximate surface area is 191 Å². The molecule has 0 unspecified atom stereocenters. The number of methoxy groups -OCH3 is 1. The van der Waals surface area contributed by atoms with Gasteiger partial charge in [0.1, 0.15) is 11.5 Å². The highest BCUT2D eigenvalue weighted by Gasteiger charge is 2.12. The Hall–Kier alpha value is -3.75. The number of rotatable bonds is 11. The van der Waals surface area contributed by atoms with Crippen molar-refractivity contribution in [1.82, 2.24) is 20.5 Å². The number of nitrogens with one attached hydrogen (secondary N) is 2. The molecule has 1 heterocycles. The Balaban J connectivity index is 1.59. The first-order valence-corrected chi connectivity index (χ1v) is 10.8. The van der Waals surface area contributed by atoms with Crippen LogP contribution in [-0.2, 0) is 17.8 Å². The molecule has 1 amide bonds. The summed E-state index contributed by atoms with van der Waals surface area (Å²) < 4.78 is 24.0. The van der Waals surface area contributed by atoms with Crippen LogP contribution in [0.25, 0.3) is 11.4 Å². The molecule has 0 fully saturated rings. The minimum Gasteiger partial charge on any atom is -0.493 e. The number of hydrogen-bond acceptors (Lipinski definition) is 6. The molecule has 0 spiro atoms. The van der Waals surface area contributed by atoms with Gasteiger partial charge in [-0.05, 0) is 42.3 Å². The van der Waals surface area contributed by atoms with Gasteiger partial charge in [-0.25, -0.2) is 4.39 Å². The number of hydrogen-bond donors (Lipinski definition) is 2. The number of aryl methyl sites for hydroxylation is 1. The first-order valence-electron chi connectivity index (χ1n) is 10.8. The van der Waals surface area contributed by atoms with Crippen LogP contribution >= 0.6 is 0 Å². The van der Waals surface area contributed by atoms with Crippen molar-refractivity contribution in [2.75, 3.05) is 13.7 Å². The number of H-pyrrole nitrogens is 1. The van der Waals surface area contributed by atoms with Crippen LogP contribution in [0.15, 0.2) is 47.3 Å². The minimum atomic E-state index is -0.409. The third kappa shape index (κ3) is 6.86. The molecule has 1 aromatic heterocycles. The standard InChI is InChI=1S/C24H27FN4O4/c1-3-4-13-33-20-11-7-17(14-21(20)32-2)23-27-24(31)19(28-29-23)10-12-22(30)26-15-16-5-8-18(25)9-6-16/h5-9,11,14H,3-4,10,12-13,15H2,1-2H3,(H,26,30)(H,27,29,31). The van der Waals surface area contributed by atoms with E-state index in [4.69, 9.17) is 9.47 Å². The zero-order valence-electron chi connectivity index (χ0n) is 18.7. The monoisotopic (exact) mass is 454 g/mol. The molecule has 2 aromatic carbocycles. The number of carbonyl (C=O) groups is 1. The van der Waals surface area contributed by atoms with Gasteiger partial charge in [0.2, 0.25) is 5.91 Å². The Morgan fingerprint density at radius 1 is 1.12 bits per heavy atom. The van der Waals surface area contributed by atoms with Gasteiger partial charge in [0.25, 0.3) is 5.56 Å². The molecule has 0 aliphatic rings. The third-order valence-electron chi connectivity index (χ3n) is 4.95. The molecule has 0 saturated heterocycles. The highest BCUT2D eigenvalue weighted by Crippen LogP contribution is 2.31. The molecular formula is C24H27FN4O4. The zero-order chi connectivity index (χ0) is 23.6. The number of aromatic nitrogens is 3. The SMILES string of the molecule is CCCCOc1ccc(-c2nnc(CCC(=O)NCc3ccc(F)cc3)c(=O)[nH]2)cc1OC. The summed E-state index contributed by atoms with van der Waals surface area (Å²) in [6.07, 6.45) is 2.19. The molecular weight excluding hydrogens is 427 g/mol. The Morgan fingerprint density at radius 2 is 1.91 bits per heavy atom. The van der Waals surface area contributed by atoms with Gasteiger partial charge in [-0.1, -0.05) is 25.5 Å². The molecule has 0 radical (unpaired) electrons. The van der Waals surface area contributed by atoms with Crippen LogP contribution in [0, 0.1) is 5.82 Å². The number of unbranched alkanes of at least 4 members (excludes halogenated alkanes) is 1. The maximum absolute atomic E-state index is 12.9. The first kappa shape index (κ1) is 23.9. The topological polar surface area (TPSA) is 106 Å². The summed E-state index contributed by atoms with van der Waals surface area (Å²) in [6.45, 7) is 2.96. The van der Waals surface area contributed by atoms with Crippen molar-refractivity contribution in [3.63, 3.8) is 0 Å². The van der Waals surface area contributed by atoms with E-state index in [0.717, 1.165) is 18.4 Å². The van der Waals surface area contributed by atoms with E-state index in [-0.39, 0.29) is 36.8 Å². The lowest BCUT2D eigenvalue weighted by Crippen LogP contribution is -2.25. The second kappa shape index (κ2) is 11.8. The fourth-order valence-electron chi connectivity index (χ4n) is 3.04. The van der Waals surface area contributed by atoms with Crippen molar-refractivity contribution < 1.29 is 18.7 Å². The maximum atomic E-state index is 12.9. The molecule has 9 heteroatoms. The molecule has 0 saturated carbocycles. The molecule has 174 valence electrons. The van der Waals surface area contributed by atoms with E-state index in [2.05, 4.69) is 27.4 Å². The molecule has 3 rings (SSSR count). The first-order chi connectivity index (χ1) is 16.0. The highest BCUT2D eigenvalue weighted by atomic mass is 19.1. The van der Waals surface area contributed by atoms with E-state index in [1.54, 1.807) is 37.4 Å². The Morgan fingerprint density at radius 3 is 2.61 bits per heavy atom. The van der Waals surface area contributed by atoms with Crippen LogP contribution < -0.4 is 20.3 Å². The number of benzene rings is 2. The molecule has 8 nitrogen and oxygen atoms in total. The van der Waals surface area contributed by atoms with Crippen LogP contribution in [0.4, 0.5) is 4.39 Å². The molecule has 3 aromatic rings. The quantitative estimate of drug-likeness (QED) is 0.430. The van der Waals surface area contributed by atoms with Gasteiger partial charge in [0.15, 0.2) is 17.3 Å². The lowest BCUT2D eigenvalue weighted by Gasteiger charge is -2.11. The molecule has 0 bridgehead atoms. The van der Waals surface area contributed by atoms with E-state index in [1.165, 1.54) is 12.1 Å². The Bertz CT molecular complexity index is 1130. The number of aromatic amines is 1. The summed E-state index contributed by atoms with van der Waals surface area (Å²) in [4.78, 5) is 27.2. The number of nitrogens with zero attached hydrogens (tertiary/aromatic N) is 2. The maximum Gasteiger partial charge on any atom is 0.273 e. The van der Waals surface area contributed by atoms with Gasteiger partial charge in [0, 0.05) is 24.9 Å². The van der Waals surface area contributed by atoms with E-state index in [1.807, 2.05) is 0 Å². The fraction of sp³-hybridized carbons (Fsp3) is 0.333. The van der Waals surface area contributed by atoms with E-state index < -0.39 is 5.56 Å². The molecule has 0 atom stereocenters. The number of ether oxygens (including phenoxy) is 2. The van der Waals surface area contributed by atoms with Gasteiger partial charge in [0.05, 0.1) is 13.7 Å². The van der Waals surface area contributed by atoms with Gasteiger partial charge < -0.3 is 19.8 Å². The second-order valence-electron chi connectivity index (χ2n) is 7.42. The summed E-state index contributed by atoms with van der Waals surface area (Å²) in [5, 5.41) is 10.8. The number of carbonyl (C=O) groups excluding carboxylic acids is 1. The third-order valence-corrected chi connectivity index (χ3v) is 4.95. The summed E-state index contributed by atoms with van der Waals surface area (Å²) in [5.41, 5.74) is 1.17. The van der Waals surface area contributed by atoms with Crippen LogP contribution in [0.1, 0.15) is 37.4 Å². The molecule has 33 heavy (non-hydrogen) atoms. The lowest BCUT2D eigenvalue weighted by atomic mass is 10.2. The van der Waals surface area contributed by atoms with Crippen molar-refractivity contribution in [1.29, 1.82) is 0 Å². The smallest absolute Gasteiger partial charge is 0.273 e. The number of amides is 1. The van der Waals surface area contributed by atoms with E-state index in [9.17, 15) is 14.0 Å². The van der Waals surface area contributed by atoms with Crippen LogP contribution in [0.2, 0.25) is 0 Å². The molecule has 0 aliphatic heterocycles. The summed E-state index contributed by atoms with van der Waals surface area (Å²) in [7, 11) is 1.55. The zero-order valence-corrected chi connectivity index (χ0v) is 18.7. The average Bonchev–Trinajstić information content (AvgIpc) is 2.83. The van der Waals surface area contributed by atoms with Crippen molar-refractivity contribution >= 4 is 5.91 Å². The van der Waals surface area contributed by atoms with Gasteiger partial charge in [-0.15, -0.1) is 10.2 Å². The van der Waals surface area contributed by atoms with Crippen molar-refractivity contribution in [2.45, 2.75) is 39.2 Å². The van der Waals surface area contributed by atoms with Crippen molar-refractivity contribution in [3.8, 4) is 22.9 Å². The van der Waals surface area contributed by atoms with E-state index in [0.29, 0.717) is 29.5 Å². The predicted molar refractivity (Wildman–Crippen MR) is 122 cm³/mol. The van der Waals surface area contributed by atoms with Crippen LogP contribution in [-0.4, -0.2) is 34.8 Å². The van der Waals surface area contributed by atoms with Crippen molar-refractivity contribution in [2.24, 2.45) is 0 Å². The van der Waals surface area contributed by atoms with Crippen LogP contribution in [0.5, 0.6) is 11.5 Å². The van der Waals surface area contributed by atoms with Crippen molar-refractivity contribution in [3.05, 3.63) is 69.9 Å². The average molecular weight is 455 g/mol. The summed E-state index contributed by atoms with van der Waals surface area (Å²) >= 11 is 0. The summed E-state index contributed by atoms with van der Waals surface area (Å²) in [6, 6.07) is 11.1. The number of halogens is 1. The second-order valence-corrected chi connectivity index (χ2v) is 7.42. The van der Waals surface area contributed by atoms with Crippen LogP contribution in [0.3, 0.4) is 0 Å². The highest BCUT2D eigenvalue weighted by molar-refractivity contribution is 5.76.